The molecule has 0 amide bonds. The first-order valence-electron chi connectivity index (χ1n) is 8.31. The van der Waals surface area contributed by atoms with Gasteiger partial charge < -0.3 is 4.74 Å². The SMILES string of the molecule is O=S(=O)(c1ccc(F)cc1)N1CCN(CCOc2ccc(F)cc2)CC1. The molecule has 0 radical (unpaired) electrons. The summed E-state index contributed by atoms with van der Waals surface area (Å²) in [7, 11) is -3.60. The topological polar surface area (TPSA) is 49.9 Å². The highest BCUT2D eigenvalue weighted by molar-refractivity contribution is 7.89. The fraction of sp³-hybridized carbons (Fsp3) is 0.333. The molecule has 0 aromatic heterocycles. The van der Waals surface area contributed by atoms with E-state index < -0.39 is 15.8 Å². The number of hydrogen-bond acceptors (Lipinski definition) is 4. The maximum absolute atomic E-state index is 13.0. The van der Waals surface area contributed by atoms with Gasteiger partial charge in [0.05, 0.1) is 4.90 Å². The first kappa shape index (κ1) is 18.8. The summed E-state index contributed by atoms with van der Waals surface area (Å²) in [5.74, 6) is -0.172. The van der Waals surface area contributed by atoms with Gasteiger partial charge in [-0.1, -0.05) is 0 Å². The molecule has 1 aliphatic heterocycles. The van der Waals surface area contributed by atoms with Gasteiger partial charge >= 0.3 is 0 Å². The van der Waals surface area contributed by atoms with Crippen LogP contribution in [0.1, 0.15) is 0 Å². The van der Waals surface area contributed by atoms with E-state index in [4.69, 9.17) is 4.74 Å². The summed E-state index contributed by atoms with van der Waals surface area (Å²) in [5, 5.41) is 0. The molecular weight excluding hydrogens is 362 g/mol. The second kappa shape index (κ2) is 8.11. The van der Waals surface area contributed by atoms with Gasteiger partial charge in [-0.2, -0.15) is 4.31 Å². The van der Waals surface area contributed by atoms with Crippen molar-refractivity contribution in [3.05, 3.63) is 60.2 Å². The molecule has 140 valence electrons. The first-order valence-corrected chi connectivity index (χ1v) is 9.75. The monoisotopic (exact) mass is 382 g/mol. The number of sulfonamides is 1. The maximum Gasteiger partial charge on any atom is 0.243 e. The fourth-order valence-corrected chi connectivity index (χ4v) is 4.19. The van der Waals surface area contributed by atoms with Crippen LogP contribution >= 0.6 is 0 Å². The van der Waals surface area contributed by atoms with Gasteiger partial charge in [-0.3, -0.25) is 4.90 Å². The van der Waals surface area contributed by atoms with Crippen LogP contribution in [0.5, 0.6) is 5.75 Å². The quantitative estimate of drug-likeness (QED) is 0.770. The normalized spacial score (nSPS) is 16.5. The Balaban J connectivity index is 1.47. The molecule has 0 aliphatic carbocycles. The van der Waals surface area contributed by atoms with Gasteiger partial charge in [0.1, 0.15) is 24.0 Å². The van der Waals surface area contributed by atoms with Gasteiger partial charge in [0.15, 0.2) is 0 Å². The van der Waals surface area contributed by atoms with E-state index in [1.807, 2.05) is 0 Å². The zero-order valence-corrected chi connectivity index (χ0v) is 15.0. The molecular formula is C18H20F2N2O3S. The minimum absolute atomic E-state index is 0.104. The van der Waals surface area contributed by atoms with Crippen molar-refractivity contribution in [2.24, 2.45) is 0 Å². The highest BCUT2D eigenvalue weighted by atomic mass is 32.2. The largest absolute Gasteiger partial charge is 0.492 e. The fourth-order valence-electron chi connectivity index (χ4n) is 2.77. The first-order chi connectivity index (χ1) is 12.4. The zero-order valence-electron chi connectivity index (χ0n) is 14.1. The van der Waals surface area contributed by atoms with Crippen molar-refractivity contribution < 1.29 is 21.9 Å². The van der Waals surface area contributed by atoms with Crippen molar-refractivity contribution in [3.63, 3.8) is 0 Å². The average Bonchev–Trinajstić information content (AvgIpc) is 2.64. The Morgan fingerprint density at radius 3 is 1.96 bits per heavy atom. The smallest absolute Gasteiger partial charge is 0.243 e. The lowest BCUT2D eigenvalue weighted by atomic mass is 10.3. The van der Waals surface area contributed by atoms with E-state index in [1.165, 1.54) is 28.6 Å². The molecule has 0 bridgehead atoms. The Bertz CT molecular complexity index is 819. The van der Waals surface area contributed by atoms with Gasteiger partial charge in [0.2, 0.25) is 10.0 Å². The predicted molar refractivity (Wildman–Crippen MR) is 93.5 cm³/mol. The number of nitrogens with zero attached hydrogens (tertiary/aromatic N) is 2. The molecule has 3 rings (SSSR count). The second-order valence-electron chi connectivity index (χ2n) is 6.00. The molecule has 5 nitrogen and oxygen atoms in total. The second-order valence-corrected chi connectivity index (χ2v) is 7.94. The Kier molecular flexibility index (Phi) is 5.85. The van der Waals surface area contributed by atoms with Crippen molar-refractivity contribution in [1.29, 1.82) is 0 Å². The predicted octanol–water partition coefficient (Wildman–Crippen LogP) is 2.35. The summed E-state index contributed by atoms with van der Waals surface area (Å²) < 4.78 is 57.9. The molecule has 1 heterocycles. The number of benzene rings is 2. The number of hydrogen-bond donors (Lipinski definition) is 0. The summed E-state index contributed by atoms with van der Waals surface area (Å²) in [6.07, 6.45) is 0. The molecule has 0 spiro atoms. The summed E-state index contributed by atoms with van der Waals surface area (Å²) in [6.45, 7) is 3.02. The maximum atomic E-state index is 13.0. The van der Waals surface area contributed by atoms with Gasteiger partial charge in [0, 0.05) is 32.7 Å². The molecule has 0 atom stereocenters. The lowest BCUT2D eigenvalue weighted by Gasteiger charge is -2.33. The van der Waals surface area contributed by atoms with E-state index in [0.29, 0.717) is 45.1 Å². The van der Waals surface area contributed by atoms with E-state index in [9.17, 15) is 17.2 Å². The minimum atomic E-state index is -3.60. The Morgan fingerprint density at radius 2 is 1.38 bits per heavy atom. The summed E-state index contributed by atoms with van der Waals surface area (Å²) in [6, 6.07) is 10.7. The van der Waals surface area contributed by atoms with Crippen LogP contribution in [0, 0.1) is 11.6 Å². The Morgan fingerprint density at radius 1 is 0.846 bits per heavy atom. The summed E-state index contributed by atoms with van der Waals surface area (Å²) >= 11 is 0. The van der Waals surface area contributed by atoms with Crippen molar-refractivity contribution >= 4 is 10.0 Å². The average molecular weight is 382 g/mol. The standard InChI is InChI=1S/C18H20F2N2O3S/c19-15-1-5-17(6-2-15)25-14-13-21-9-11-22(12-10-21)26(23,24)18-7-3-16(20)4-8-18/h1-8H,9-14H2. The molecule has 2 aromatic carbocycles. The number of rotatable bonds is 6. The van der Waals surface area contributed by atoms with Gasteiger partial charge in [0.25, 0.3) is 0 Å². The molecule has 8 heteroatoms. The molecule has 0 N–H and O–H groups in total. The van der Waals surface area contributed by atoms with E-state index in [2.05, 4.69) is 4.90 Å². The number of ether oxygens (including phenoxy) is 1. The number of halogens is 2. The molecule has 1 saturated heterocycles. The summed E-state index contributed by atoms with van der Waals surface area (Å²) in [5.41, 5.74) is 0. The third-order valence-electron chi connectivity index (χ3n) is 4.27. The zero-order chi connectivity index (χ0) is 18.6. The molecule has 26 heavy (non-hydrogen) atoms. The Hall–Kier alpha value is -2.03. The summed E-state index contributed by atoms with van der Waals surface area (Å²) in [4.78, 5) is 2.22. The van der Waals surface area contributed by atoms with E-state index in [0.717, 1.165) is 12.1 Å². The molecule has 2 aromatic rings. The third-order valence-corrected chi connectivity index (χ3v) is 6.19. The van der Waals surface area contributed by atoms with Crippen LogP contribution in [0.4, 0.5) is 8.78 Å². The molecule has 0 unspecified atom stereocenters. The van der Waals surface area contributed by atoms with Crippen LogP contribution in [0.2, 0.25) is 0 Å². The lowest BCUT2D eigenvalue weighted by molar-refractivity contribution is 0.159. The molecule has 0 saturated carbocycles. The van der Waals surface area contributed by atoms with Crippen molar-refractivity contribution in [2.75, 3.05) is 39.3 Å². The van der Waals surface area contributed by atoms with E-state index in [1.54, 1.807) is 12.1 Å². The van der Waals surface area contributed by atoms with E-state index in [-0.39, 0.29) is 10.7 Å². The molecule has 1 fully saturated rings. The van der Waals surface area contributed by atoms with Crippen LogP contribution in [-0.2, 0) is 10.0 Å². The molecule has 1 aliphatic rings. The van der Waals surface area contributed by atoms with Gasteiger partial charge in [-0.15, -0.1) is 0 Å². The van der Waals surface area contributed by atoms with Crippen molar-refractivity contribution in [3.8, 4) is 5.75 Å². The highest BCUT2D eigenvalue weighted by Crippen LogP contribution is 2.18. The van der Waals surface area contributed by atoms with Crippen LogP contribution in [0.15, 0.2) is 53.4 Å². The van der Waals surface area contributed by atoms with Crippen LogP contribution in [-0.4, -0.2) is 57.0 Å². The van der Waals surface area contributed by atoms with E-state index >= 15 is 0 Å². The third kappa shape index (κ3) is 4.57. The minimum Gasteiger partial charge on any atom is -0.492 e. The van der Waals surface area contributed by atoms with Crippen molar-refractivity contribution in [1.82, 2.24) is 9.21 Å². The van der Waals surface area contributed by atoms with Gasteiger partial charge in [-0.05, 0) is 48.5 Å². The van der Waals surface area contributed by atoms with Gasteiger partial charge in [-0.25, -0.2) is 17.2 Å². The highest BCUT2D eigenvalue weighted by Gasteiger charge is 2.28. The lowest BCUT2D eigenvalue weighted by Crippen LogP contribution is -2.49. The number of piperazine rings is 1. The van der Waals surface area contributed by atoms with Crippen LogP contribution in [0.3, 0.4) is 0 Å². The van der Waals surface area contributed by atoms with Crippen molar-refractivity contribution in [2.45, 2.75) is 4.90 Å². The van der Waals surface area contributed by atoms with Crippen LogP contribution < -0.4 is 4.74 Å². The van der Waals surface area contributed by atoms with Crippen LogP contribution in [0.25, 0.3) is 0 Å². The Labute approximate surface area is 151 Å².